The molecule has 3 nitrogen and oxygen atoms in total. The van der Waals surface area contributed by atoms with Gasteiger partial charge in [0.25, 0.3) is 0 Å². The summed E-state index contributed by atoms with van der Waals surface area (Å²) in [5.74, 6) is -0.268. The number of Topliss-reactive ketones (excluding diaryl/α,β-unsaturated/α-hetero) is 1. The van der Waals surface area contributed by atoms with Crippen LogP contribution in [0.5, 0.6) is 5.75 Å². The molecule has 72 valence electrons. The summed E-state index contributed by atoms with van der Waals surface area (Å²) in [6, 6.07) is 5.19. The molecule has 0 spiro atoms. The monoisotopic (exact) mass is 254 g/mol. The van der Waals surface area contributed by atoms with Crippen molar-refractivity contribution in [3.63, 3.8) is 0 Å². The summed E-state index contributed by atoms with van der Waals surface area (Å²) < 4.78 is 6.08. The summed E-state index contributed by atoms with van der Waals surface area (Å²) >= 11 is 3.26. The number of benzene rings is 1. The van der Waals surface area contributed by atoms with E-state index in [1.807, 2.05) is 0 Å². The maximum Gasteiger partial charge on any atom is 0.180 e. The summed E-state index contributed by atoms with van der Waals surface area (Å²) in [5, 5.41) is 0. The minimum atomic E-state index is -0.656. The zero-order valence-corrected chi connectivity index (χ0v) is 8.78. The zero-order chi connectivity index (χ0) is 10.1. The lowest BCUT2D eigenvalue weighted by atomic mass is 9.96. The van der Waals surface area contributed by atoms with Gasteiger partial charge in [-0.05, 0) is 18.2 Å². The number of rotatable bonds is 1. The van der Waals surface area contributed by atoms with Crippen LogP contribution in [-0.4, -0.2) is 18.7 Å². The maximum atomic E-state index is 11.7. The Morgan fingerprint density at radius 3 is 3.00 bits per heavy atom. The van der Waals surface area contributed by atoms with Crippen LogP contribution in [0.3, 0.4) is 0 Å². The second kappa shape index (κ2) is 3.53. The van der Waals surface area contributed by atoms with E-state index in [2.05, 4.69) is 15.9 Å². The highest BCUT2D eigenvalue weighted by molar-refractivity contribution is 9.10. The fraction of sp³-hybridized carbons (Fsp3) is 0.200. The lowest BCUT2D eigenvalue weighted by Gasteiger charge is -2.20. The molecule has 1 heterocycles. The minimum absolute atomic E-state index is 0.150. The molecule has 4 heteroatoms. The van der Waals surface area contributed by atoms with E-state index in [-0.39, 0.29) is 12.4 Å². The Hall–Kier alpha value is -1.16. The molecule has 1 atom stereocenters. The number of carbonyl (C=O) groups is 2. The van der Waals surface area contributed by atoms with Crippen molar-refractivity contribution < 1.29 is 14.3 Å². The van der Waals surface area contributed by atoms with E-state index in [0.717, 1.165) is 4.47 Å². The molecular weight excluding hydrogens is 248 g/mol. The quantitative estimate of drug-likeness (QED) is 0.568. The zero-order valence-electron chi connectivity index (χ0n) is 7.20. The van der Waals surface area contributed by atoms with Gasteiger partial charge in [0, 0.05) is 4.47 Å². The molecule has 14 heavy (non-hydrogen) atoms. The van der Waals surface area contributed by atoms with Crippen LogP contribution in [-0.2, 0) is 4.79 Å². The van der Waals surface area contributed by atoms with Gasteiger partial charge in [-0.1, -0.05) is 15.9 Å². The largest absolute Gasteiger partial charge is 0.492 e. The SMILES string of the molecule is O=C[C@@H]1COc2ccc(Br)cc2C1=O. The van der Waals surface area contributed by atoms with Gasteiger partial charge in [-0.15, -0.1) is 0 Å². The minimum Gasteiger partial charge on any atom is -0.492 e. The first-order chi connectivity index (χ1) is 6.72. The summed E-state index contributed by atoms with van der Waals surface area (Å²) in [7, 11) is 0. The third-order valence-electron chi connectivity index (χ3n) is 2.13. The number of ketones is 1. The summed E-state index contributed by atoms with van der Waals surface area (Å²) in [6.07, 6.45) is 0.631. The summed E-state index contributed by atoms with van der Waals surface area (Å²) in [4.78, 5) is 22.2. The van der Waals surface area contributed by atoms with Crippen molar-refractivity contribution in [1.29, 1.82) is 0 Å². The standard InChI is InChI=1S/C10H7BrO3/c11-7-1-2-9-8(3-7)10(13)6(4-12)5-14-9/h1-4,6H,5H2/t6-/m1/s1. The van der Waals surface area contributed by atoms with Crippen molar-refractivity contribution >= 4 is 28.0 Å². The molecule has 0 saturated carbocycles. The van der Waals surface area contributed by atoms with Crippen LogP contribution in [0.25, 0.3) is 0 Å². The predicted molar refractivity (Wildman–Crippen MR) is 53.5 cm³/mol. The molecule has 0 radical (unpaired) electrons. The molecule has 0 bridgehead atoms. The lowest BCUT2D eigenvalue weighted by molar-refractivity contribution is -0.110. The van der Waals surface area contributed by atoms with Crippen molar-refractivity contribution in [3.05, 3.63) is 28.2 Å². The number of ether oxygens (including phenoxy) is 1. The summed E-state index contributed by atoms with van der Waals surface area (Å²) in [6.45, 7) is 0.150. The second-order valence-corrected chi connectivity index (χ2v) is 3.97. The van der Waals surface area contributed by atoms with Gasteiger partial charge in [0.15, 0.2) is 5.78 Å². The van der Waals surface area contributed by atoms with Gasteiger partial charge in [0.1, 0.15) is 24.6 Å². The van der Waals surface area contributed by atoms with Gasteiger partial charge >= 0.3 is 0 Å². The van der Waals surface area contributed by atoms with Crippen LogP contribution >= 0.6 is 15.9 Å². The molecule has 1 aliphatic rings. The van der Waals surface area contributed by atoms with E-state index in [1.54, 1.807) is 18.2 Å². The van der Waals surface area contributed by atoms with Gasteiger partial charge < -0.3 is 9.53 Å². The van der Waals surface area contributed by atoms with Crippen molar-refractivity contribution in [2.75, 3.05) is 6.61 Å². The van der Waals surface area contributed by atoms with Gasteiger partial charge in [-0.3, -0.25) is 4.79 Å². The molecule has 1 aliphatic heterocycles. The molecule has 2 rings (SSSR count). The van der Waals surface area contributed by atoms with E-state index in [0.29, 0.717) is 17.6 Å². The van der Waals surface area contributed by atoms with Gasteiger partial charge in [-0.25, -0.2) is 0 Å². The van der Waals surface area contributed by atoms with Gasteiger partial charge in [-0.2, -0.15) is 0 Å². The molecule has 1 aromatic rings. The molecule has 1 aromatic carbocycles. The first kappa shape index (κ1) is 9.40. The predicted octanol–water partition coefficient (Wildman–Crippen LogP) is 1.84. The molecule has 0 aliphatic carbocycles. The van der Waals surface area contributed by atoms with Crippen molar-refractivity contribution in [2.45, 2.75) is 0 Å². The fourth-order valence-corrected chi connectivity index (χ4v) is 1.74. The van der Waals surface area contributed by atoms with Crippen molar-refractivity contribution in [2.24, 2.45) is 5.92 Å². The molecule has 0 aromatic heterocycles. The number of aldehydes is 1. The molecular formula is C10H7BrO3. The normalized spacial score (nSPS) is 19.8. The molecule has 0 unspecified atom stereocenters. The second-order valence-electron chi connectivity index (χ2n) is 3.06. The van der Waals surface area contributed by atoms with Crippen molar-refractivity contribution in [1.82, 2.24) is 0 Å². The van der Waals surface area contributed by atoms with E-state index >= 15 is 0 Å². The number of hydrogen-bond donors (Lipinski definition) is 0. The Bertz CT molecular complexity index is 400. The van der Waals surface area contributed by atoms with E-state index in [4.69, 9.17) is 4.74 Å². The fourth-order valence-electron chi connectivity index (χ4n) is 1.38. The van der Waals surface area contributed by atoms with Crippen LogP contribution in [0.1, 0.15) is 10.4 Å². The smallest absolute Gasteiger partial charge is 0.180 e. The third kappa shape index (κ3) is 1.46. The lowest BCUT2D eigenvalue weighted by Crippen LogP contribution is -2.28. The Morgan fingerprint density at radius 2 is 2.29 bits per heavy atom. The van der Waals surface area contributed by atoms with Gasteiger partial charge in [0.05, 0.1) is 5.56 Å². The first-order valence-corrected chi connectivity index (χ1v) is 4.93. The van der Waals surface area contributed by atoms with Crippen LogP contribution in [0.15, 0.2) is 22.7 Å². The summed E-state index contributed by atoms with van der Waals surface area (Å²) in [5.41, 5.74) is 0.475. The number of hydrogen-bond acceptors (Lipinski definition) is 3. The molecule has 0 fully saturated rings. The van der Waals surface area contributed by atoms with E-state index < -0.39 is 5.92 Å². The van der Waals surface area contributed by atoms with Crippen LogP contribution in [0.2, 0.25) is 0 Å². The number of halogens is 1. The number of carbonyl (C=O) groups excluding carboxylic acids is 2. The highest BCUT2D eigenvalue weighted by atomic mass is 79.9. The van der Waals surface area contributed by atoms with Gasteiger partial charge in [0.2, 0.25) is 0 Å². The number of fused-ring (bicyclic) bond motifs is 1. The van der Waals surface area contributed by atoms with Crippen LogP contribution in [0, 0.1) is 5.92 Å². The average Bonchev–Trinajstić information content (AvgIpc) is 2.20. The van der Waals surface area contributed by atoms with E-state index in [9.17, 15) is 9.59 Å². The highest BCUT2D eigenvalue weighted by Crippen LogP contribution is 2.29. The topological polar surface area (TPSA) is 43.4 Å². The maximum absolute atomic E-state index is 11.7. The van der Waals surface area contributed by atoms with E-state index in [1.165, 1.54) is 0 Å². The molecule has 0 N–H and O–H groups in total. The first-order valence-electron chi connectivity index (χ1n) is 4.14. The Labute approximate surface area is 89.2 Å². The molecule has 0 amide bonds. The Balaban J connectivity index is 2.48. The van der Waals surface area contributed by atoms with Crippen molar-refractivity contribution in [3.8, 4) is 5.75 Å². The van der Waals surface area contributed by atoms with Crippen LogP contribution in [0.4, 0.5) is 0 Å². The Morgan fingerprint density at radius 1 is 1.50 bits per heavy atom. The average molecular weight is 255 g/mol. The molecule has 0 saturated heterocycles. The third-order valence-corrected chi connectivity index (χ3v) is 2.62. The Kier molecular flexibility index (Phi) is 2.37. The highest BCUT2D eigenvalue weighted by Gasteiger charge is 2.28. The van der Waals surface area contributed by atoms with Crippen LogP contribution < -0.4 is 4.74 Å².